The molecule has 2 N–H and O–H groups in total. The molecule has 0 heterocycles. The van der Waals surface area contributed by atoms with E-state index in [0.717, 1.165) is 11.1 Å². The molecule has 4 aromatic rings. The predicted molar refractivity (Wildman–Crippen MR) is 147 cm³/mol. The van der Waals surface area contributed by atoms with Crippen LogP contribution in [0.3, 0.4) is 0 Å². The van der Waals surface area contributed by atoms with Crippen LogP contribution in [-0.2, 0) is 14.9 Å². The Labute approximate surface area is 221 Å². The van der Waals surface area contributed by atoms with Crippen molar-refractivity contribution in [2.24, 2.45) is 0 Å². The van der Waals surface area contributed by atoms with E-state index in [1.807, 2.05) is 26.0 Å². The van der Waals surface area contributed by atoms with Crippen molar-refractivity contribution in [1.82, 2.24) is 5.32 Å². The molecule has 0 spiro atoms. The van der Waals surface area contributed by atoms with E-state index in [0.29, 0.717) is 16.8 Å². The van der Waals surface area contributed by atoms with Gasteiger partial charge in [0.05, 0.1) is 0 Å². The van der Waals surface area contributed by atoms with Crippen molar-refractivity contribution in [3.05, 3.63) is 131 Å². The van der Waals surface area contributed by atoms with Gasteiger partial charge in [-0.05, 0) is 74.0 Å². The van der Waals surface area contributed by atoms with Crippen molar-refractivity contribution in [2.75, 3.05) is 5.32 Å². The van der Waals surface area contributed by atoms with E-state index in [4.69, 9.17) is 4.18 Å². The highest BCUT2D eigenvalue weighted by atomic mass is 32.2. The Morgan fingerprint density at radius 1 is 0.737 bits per heavy atom. The van der Waals surface area contributed by atoms with Gasteiger partial charge in [-0.1, -0.05) is 65.7 Å². The number of hydrogen-bond donors (Lipinski definition) is 2. The Bertz CT molecular complexity index is 1560. The van der Waals surface area contributed by atoms with Crippen LogP contribution < -0.4 is 14.8 Å². The fraction of sp³-hybridized carbons (Fsp3) is 0.0667. The quantitative estimate of drug-likeness (QED) is 0.234. The number of benzene rings is 4. The molecule has 0 saturated heterocycles. The van der Waals surface area contributed by atoms with Crippen molar-refractivity contribution < 1.29 is 22.2 Å². The zero-order valence-corrected chi connectivity index (χ0v) is 21.7. The third-order valence-electron chi connectivity index (χ3n) is 5.54. The van der Waals surface area contributed by atoms with Crippen molar-refractivity contribution in [2.45, 2.75) is 18.7 Å². The zero-order chi connectivity index (χ0) is 27.1. The molecule has 0 radical (unpaired) electrons. The maximum atomic E-state index is 13.1. The SMILES string of the molecule is Cc1ccc(NC(=O)/C(=C/c2ccc(OS(=O)(=O)c3ccc(C)cc3)cc2)NC(=O)c2ccccc2)cc1. The lowest BCUT2D eigenvalue weighted by Gasteiger charge is -2.12. The van der Waals surface area contributed by atoms with E-state index in [2.05, 4.69) is 10.6 Å². The molecule has 7 nitrogen and oxygen atoms in total. The van der Waals surface area contributed by atoms with Crippen LogP contribution in [0.2, 0.25) is 0 Å². The molecule has 0 aliphatic carbocycles. The van der Waals surface area contributed by atoms with Gasteiger partial charge in [-0.15, -0.1) is 0 Å². The van der Waals surface area contributed by atoms with Crippen LogP contribution in [0.1, 0.15) is 27.0 Å². The van der Waals surface area contributed by atoms with Crippen molar-refractivity contribution in [3.63, 3.8) is 0 Å². The summed E-state index contributed by atoms with van der Waals surface area (Å²) in [4.78, 5) is 25.9. The van der Waals surface area contributed by atoms with E-state index in [9.17, 15) is 18.0 Å². The van der Waals surface area contributed by atoms with Gasteiger partial charge in [0.1, 0.15) is 16.3 Å². The molecule has 8 heteroatoms. The van der Waals surface area contributed by atoms with E-state index in [1.165, 1.54) is 30.3 Å². The first-order chi connectivity index (χ1) is 18.2. The predicted octanol–water partition coefficient (Wildman–Crippen LogP) is 5.48. The average Bonchev–Trinajstić information content (AvgIpc) is 2.91. The molecular weight excluding hydrogens is 500 g/mol. The Morgan fingerprint density at radius 2 is 1.32 bits per heavy atom. The summed E-state index contributed by atoms with van der Waals surface area (Å²) in [6.07, 6.45) is 1.50. The summed E-state index contributed by atoms with van der Waals surface area (Å²) in [6.45, 7) is 3.80. The molecule has 0 aromatic heterocycles. The highest BCUT2D eigenvalue weighted by Crippen LogP contribution is 2.21. The molecule has 4 rings (SSSR count). The molecule has 2 amide bonds. The van der Waals surface area contributed by atoms with E-state index in [-0.39, 0.29) is 16.3 Å². The second kappa shape index (κ2) is 11.6. The maximum absolute atomic E-state index is 13.1. The van der Waals surface area contributed by atoms with Gasteiger partial charge in [-0.25, -0.2) is 0 Å². The summed E-state index contributed by atoms with van der Waals surface area (Å²) in [6, 6.07) is 28.3. The number of anilines is 1. The van der Waals surface area contributed by atoms with Crippen LogP contribution in [0, 0.1) is 13.8 Å². The van der Waals surface area contributed by atoms with Gasteiger partial charge >= 0.3 is 10.1 Å². The van der Waals surface area contributed by atoms with Crippen LogP contribution in [0.5, 0.6) is 5.75 Å². The van der Waals surface area contributed by atoms with Crippen LogP contribution >= 0.6 is 0 Å². The third kappa shape index (κ3) is 6.96. The second-order valence-electron chi connectivity index (χ2n) is 8.62. The van der Waals surface area contributed by atoms with Crippen molar-refractivity contribution >= 4 is 33.7 Å². The minimum Gasteiger partial charge on any atom is -0.379 e. The van der Waals surface area contributed by atoms with Crippen LogP contribution in [0.25, 0.3) is 6.08 Å². The van der Waals surface area contributed by atoms with Crippen molar-refractivity contribution in [1.29, 1.82) is 0 Å². The summed E-state index contributed by atoms with van der Waals surface area (Å²) in [5, 5.41) is 5.46. The first kappa shape index (κ1) is 26.4. The maximum Gasteiger partial charge on any atom is 0.339 e. The molecule has 0 aliphatic heterocycles. The second-order valence-corrected chi connectivity index (χ2v) is 10.2. The molecule has 0 atom stereocenters. The first-order valence-electron chi connectivity index (χ1n) is 11.8. The summed E-state index contributed by atoms with van der Waals surface area (Å²) >= 11 is 0. The number of carbonyl (C=O) groups is 2. The fourth-order valence-electron chi connectivity index (χ4n) is 3.44. The Morgan fingerprint density at radius 3 is 1.92 bits per heavy atom. The van der Waals surface area contributed by atoms with Gasteiger partial charge in [0.2, 0.25) is 0 Å². The number of amides is 2. The lowest BCUT2D eigenvalue weighted by molar-refractivity contribution is -0.113. The number of nitrogens with one attached hydrogen (secondary N) is 2. The molecule has 0 aliphatic rings. The van der Waals surface area contributed by atoms with Gasteiger partial charge < -0.3 is 14.8 Å². The Kier molecular flexibility index (Phi) is 8.03. The highest BCUT2D eigenvalue weighted by molar-refractivity contribution is 7.87. The zero-order valence-electron chi connectivity index (χ0n) is 20.8. The number of carbonyl (C=O) groups excluding carboxylic acids is 2. The van der Waals surface area contributed by atoms with E-state index >= 15 is 0 Å². The molecule has 0 saturated carbocycles. The minimum atomic E-state index is -4.00. The monoisotopic (exact) mass is 526 g/mol. The smallest absolute Gasteiger partial charge is 0.339 e. The number of rotatable bonds is 8. The lowest BCUT2D eigenvalue weighted by Crippen LogP contribution is -2.30. The topological polar surface area (TPSA) is 102 Å². The van der Waals surface area contributed by atoms with E-state index in [1.54, 1.807) is 66.7 Å². The first-order valence-corrected chi connectivity index (χ1v) is 13.2. The molecule has 0 unspecified atom stereocenters. The van der Waals surface area contributed by atoms with Gasteiger partial charge in [0.25, 0.3) is 11.8 Å². The van der Waals surface area contributed by atoms with Gasteiger partial charge in [-0.3, -0.25) is 9.59 Å². The van der Waals surface area contributed by atoms with Gasteiger partial charge in [0.15, 0.2) is 0 Å². The summed E-state index contributed by atoms with van der Waals surface area (Å²) in [5.74, 6) is -0.845. The van der Waals surface area contributed by atoms with E-state index < -0.39 is 21.9 Å². The molecule has 38 heavy (non-hydrogen) atoms. The molecule has 192 valence electrons. The molecule has 0 fully saturated rings. The van der Waals surface area contributed by atoms with Gasteiger partial charge in [-0.2, -0.15) is 8.42 Å². The van der Waals surface area contributed by atoms with Crippen molar-refractivity contribution in [3.8, 4) is 5.75 Å². The average molecular weight is 527 g/mol. The normalized spacial score (nSPS) is 11.5. The summed E-state index contributed by atoms with van der Waals surface area (Å²) < 4.78 is 30.4. The van der Waals surface area contributed by atoms with Crippen LogP contribution in [0.4, 0.5) is 5.69 Å². The fourth-order valence-corrected chi connectivity index (χ4v) is 4.37. The van der Waals surface area contributed by atoms with Crippen LogP contribution in [-0.4, -0.2) is 20.2 Å². The third-order valence-corrected chi connectivity index (χ3v) is 6.81. The number of hydrogen-bond acceptors (Lipinski definition) is 5. The largest absolute Gasteiger partial charge is 0.379 e. The van der Waals surface area contributed by atoms with Gasteiger partial charge in [0, 0.05) is 11.3 Å². The number of aryl methyl sites for hydroxylation is 2. The molecule has 0 bridgehead atoms. The summed E-state index contributed by atoms with van der Waals surface area (Å²) in [5.41, 5.74) is 3.51. The van der Waals surface area contributed by atoms with Crippen LogP contribution in [0.15, 0.2) is 114 Å². The standard InChI is InChI=1S/C30H26N2O5S/c1-21-8-14-25(15-9-21)31-30(34)28(32-29(33)24-6-4-3-5-7-24)20-23-12-16-26(17-13-23)37-38(35,36)27-18-10-22(2)11-19-27/h3-20H,1-2H3,(H,31,34)(H,32,33)/b28-20-. The molecular formula is C30H26N2O5S. The Balaban J connectivity index is 1.56. The summed E-state index contributed by atoms with van der Waals surface area (Å²) in [7, 11) is -4.00. The highest BCUT2D eigenvalue weighted by Gasteiger charge is 2.17. The lowest BCUT2D eigenvalue weighted by atomic mass is 10.1. The minimum absolute atomic E-state index is 0.0142. The Hall–Kier alpha value is -4.69. The molecule has 4 aromatic carbocycles.